The molecule has 0 bridgehead atoms. The fourth-order valence-corrected chi connectivity index (χ4v) is 4.45. The molecule has 9 heteroatoms. The number of rotatable bonds is 15. The van der Waals surface area contributed by atoms with Crippen LogP contribution in [0.5, 0.6) is 0 Å². The summed E-state index contributed by atoms with van der Waals surface area (Å²) in [6.07, 6.45) is 12.7. The molecule has 36 heavy (non-hydrogen) atoms. The zero-order chi connectivity index (χ0) is 25.4. The van der Waals surface area contributed by atoms with Crippen molar-refractivity contribution in [2.24, 2.45) is 0 Å². The van der Waals surface area contributed by atoms with Crippen molar-refractivity contribution in [1.82, 2.24) is 25.0 Å². The monoisotopic (exact) mass is 499 g/mol. The van der Waals surface area contributed by atoms with Gasteiger partial charge in [-0.2, -0.15) is 0 Å². The van der Waals surface area contributed by atoms with Crippen LogP contribution in [-0.4, -0.2) is 102 Å². The third kappa shape index (κ3) is 9.72. The Morgan fingerprint density at radius 3 is 2.72 bits per heavy atom. The summed E-state index contributed by atoms with van der Waals surface area (Å²) in [5.74, 6) is -0.191. The number of aromatic nitrogens is 1. The number of pyridine rings is 1. The minimum Gasteiger partial charge on any atom is -0.396 e. The zero-order valence-corrected chi connectivity index (χ0v) is 21.3. The number of unbranched alkanes of at least 4 members (excludes halogenated alkanes) is 1. The van der Waals surface area contributed by atoms with Crippen LogP contribution in [0, 0.1) is 0 Å². The quantitative estimate of drug-likeness (QED) is 0.354. The molecular formula is C27H41N5O4. The Hall–Kier alpha value is -2.75. The highest BCUT2D eigenvalue weighted by atomic mass is 16.5. The number of morpholine rings is 1. The molecule has 1 saturated heterocycles. The number of carbonyl (C=O) groups is 2. The second kappa shape index (κ2) is 16.1. The predicted octanol–water partition coefficient (Wildman–Crippen LogP) is 1.56. The molecule has 0 aromatic carbocycles. The van der Waals surface area contributed by atoms with Crippen molar-refractivity contribution in [3.05, 3.63) is 54.5 Å². The molecule has 0 radical (unpaired) electrons. The summed E-state index contributed by atoms with van der Waals surface area (Å²) in [5, 5.41) is 12.4. The maximum atomic E-state index is 13.5. The van der Waals surface area contributed by atoms with Crippen LogP contribution >= 0.6 is 0 Å². The van der Waals surface area contributed by atoms with Gasteiger partial charge in [0.15, 0.2) is 0 Å². The van der Waals surface area contributed by atoms with Crippen LogP contribution < -0.4 is 5.32 Å². The number of nitrogens with one attached hydrogen (secondary N) is 1. The van der Waals surface area contributed by atoms with E-state index in [0.717, 1.165) is 38.4 Å². The van der Waals surface area contributed by atoms with Crippen molar-refractivity contribution >= 4 is 11.8 Å². The first-order valence-corrected chi connectivity index (χ1v) is 13.1. The molecule has 2 N–H and O–H groups in total. The zero-order valence-electron chi connectivity index (χ0n) is 21.3. The van der Waals surface area contributed by atoms with E-state index >= 15 is 0 Å². The summed E-state index contributed by atoms with van der Waals surface area (Å²) in [6, 6.07) is 5.01. The second-order valence-electron chi connectivity index (χ2n) is 9.19. The van der Waals surface area contributed by atoms with Crippen LogP contribution in [0.25, 0.3) is 0 Å². The summed E-state index contributed by atoms with van der Waals surface area (Å²) in [5.41, 5.74) is 0.753. The maximum Gasteiger partial charge on any atom is 0.242 e. The lowest BCUT2D eigenvalue weighted by molar-refractivity contribution is -0.141. The van der Waals surface area contributed by atoms with Gasteiger partial charge in [0, 0.05) is 58.5 Å². The topological polar surface area (TPSA) is 98.2 Å². The van der Waals surface area contributed by atoms with Gasteiger partial charge < -0.3 is 25.0 Å². The number of amides is 2. The molecule has 2 aliphatic heterocycles. The van der Waals surface area contributed by atoms with Crippen molar-refractivity contribution < 1.29 is 19.4 Å². The number of aliphatic hydroxyl groups is 1. The van der Waals surface area contributed by atoms with E-state index in [1.165, 1.54) is 0 Å². The van der Waals surface area contributed by atoms with E-state index < -0.39 is 6.04 Å². The van der Waals surface area contributed by atoms with Crippen LogP contribution in [0.1, 0.15) is 37.8 Å². The van der Waals surface area contributed by atoms with E-state index in [1.54, 1.807) is 11.1 Å². The van der Waals surface area contributed by atoms with Crippen molar-refractivity contribution in [2.45, 2.75) is 44.7 Å². The lowest BCUT2D eigenvalue weighted by Gasteiger charge is -2.32. The average molecular weight is 500 g/mol. The van der Waals surface area contributed by atoms with Crippen molar-refractivity contribution in [3.63, 3.8) is 0 Å². The molecule has 2 aliphatic rings. The van der Waals surface area contributed by atoms with Gasteiger partial charge in [0.05, 0.1) is 25.5 Å². The van der Waals surface area contributed by atoms with Crippen LogP contribution in [0.2, 0.25) is 0 Å². The smallest absolute Gasteiger partial charge is 0.242 e. The Labute approximate surface area is 214 Å². The molecule has 198 valence electrons. The summed E-state index contributed by atoms with van der Waals surface area (Å²) >= 11 is 0. The van der Waals surface area contributed by atoms with Crippen molar-refractivity contribution in [3.8, 4) is 0 Å². The van der Waals surface area contributed by atoms with Gasteiger partial charge >= 0.3 is 0 Å². The van der Waals surface area contributed by atoms with Crippen molar-refractivity contribution in [1.29, 1.82) is 0 Å². The Morgan fingerprint density at radius 1 is 1.14 bits per heavy atom. The summed E-state index contributed by atoms with van der Waals surface area (Å²) < 4.78 is 5.40. The molecule has 9 nitrogen and oxygen atoms in total. The van der Waals surface area contributed by atoms with Crippen LogP contribution in [0.3, 0.4) is 0 Å². The lowest BCUT2D eigenvalue weighted by Crippen LogP contribution is -2.51. The fraction of sp³-hybridized carbons (Fsp3) is 0.593. The number of carbonyl (C=O) groups excluding carboxylic acids is 2. The first kappa shape index (κ1) is 27.8. The Morgan fingerprint density at radius 2 is 2.00 bits per heavy atom. The third-order valence-corrected chi connectivity index (χ3v) is 6.49. The number of allylic oxidation sites excluding steroid dienone is 2. The van der Waals surface area contributed by atoms with E-state index in [9.17, 15) is 14.7 Å². The SMILES string of the molecule is O=C(NCCN1CCOCC1)C(CCCCO)N(Cc1ccccn1)C(=O)CCCN1C=CC=CC1. The standard InChI is InChI=1S/C27H41N5O4/c33-20-7-3-10-25(27(35)29-13-17-31-18-21-36-22-19-31)32(23-24-9-2-4-12-28-24)26(34)11-8-16-30-14-5-1-6-15-30/h1-2,4-6,9,12,14,25,33H,3,7-8,10-11,13,15-23H2,(H,29,35). The highest BCUT2D eigenvalue weighted by Gasteiger charge is 2.29. The number of hydrogen-bond acceptors (Lipinski definition) is 7. The molecule has 1 aromatic heterocycles. The minimum absolute atomic E-state index is 0.0467. The molecule has 1 aromatic rings. The number of hydrogen-bond donors (Lipinski definition) is 2. The minimum atomic E-state index is -0.603. The van der Waals surface area contributed by atoms with Gasteiger partial charge in [-0.3, -0.25) is 19.5 Å². The van der Waals surface area contributed by atoms with Crippen LogP contribution in [-0.2, 0) is 20.9 Å². The first-order chi connectivity index (χ1) is 17.7. The molecule has 0 spiro atoms. The Balaban J connectivity index is 1.64. The van der Waals surface area contributed by atoms with Gasteiger partial charge in [0.2, 0.25) is 11.8 Å². The van der Waals surface area contributed by atoms with E-state index in [1.807, 2.05) is 36.6 Å². The second-order valence-corrected chi connectivity index (χ2v) is 9.19. The molecule has 0 aliphatic carbocycles. The highest BCUT2D eigenvalue weighted by molar-refractivity contribution is 5.87. The Bertz CT molecular complexity index is 842. The molecule has 3 rings (SSSR count). The lowest BCUT2D eigenvalue weighted by atomic mass is 10.1. The summed E-state index contributed by atoms with van der Waals surface area (Å²) in [7, 11) is 0. The van der Waals surface area contributed by atoms with Gasteiger partial charge in [-0.25, -0.2) is 0 Å². The van der Waals surface area contributed by atoms with E-state index in [0.29, 0.717) is 51.9 Å². The third-order valence-electron chi connectivity index (χ3n) is 6.49. The molecule has 1 atom stereocenters. The fourth-order valence-electron chi connectivity index (χ4n) is 4.45. The van der Waals surface area contributed by atoms with Gasteiger partial charge in [-0.15, -0.1) is 0 Å². The van der Waals surface area contributed by atoms with E-state index in [2.05, 4.69) is 26.2 Å². The summed E-state index contributed by atoms with van der Waals surface area (Å²) in [6.45, 7) is 6.41. The molecule has 0 saturated carbocycles. The molecular weight excluding hydrogens is 458 g/mol. The highest BCUT2D eigenvalue weighted by Crippen LogP contribution is 2.16. The average Bonchev–Trinajstić information content (AvgIpc) is 2.92. The molecule has 1 unspecified atom stereocenters. The first-order valence-electron chi connectivity index (χ1n) is 13.1. The van der Waals surface area contributed by atoms with Gasteiger partial charge in [-0.1, -0.05) is 18.2 Å². The number of nitrogens with zero attached hydrogens (tertiary/aromatic N) is 4. The summed E-state index contributed by atoms with van der Waals surface area (Å²) in [4.78, 5) is 37.4. The van der Waals surface area contributed by atoms with Crippen LogP contribution in [0.4, 0.5) is 0 Å². The van der Waals surface area contributed by atoms with E-state index in [4.69, 9.17) is 4.74 Å². The Kier molecular flexibility index (Phi) is 12.4. The molecule has 3 heterocycles. The normalized spacial score (nSPS) is 16.6. The predicted molar refractivity (Wildman–Crippen MR) is 139 cm³/mol. The number of aliphatic hydroxyl groups excluding tert-OH is 1. The number of ether oxygens (including phenoxy) is 1. The van der Waals surface area contributed by atoms with Gasteiger partial charge in [-0.05, 0) is 50.1 Å². The molecule has 1 fully saturated rings. The van der Waals surface area contributed by atoms with Crippen LogP contribution in [0.15, 0.2) is 48.8 Å². The van der Waals surface area contributed by atoms with Gasteiger partial charge in [0.25, 0.3) is 0 Å². The van der Waals surface area contributed by atoms with E-state index in [-0.39, 0.29) is 25.0 Å². The molecule has 2 amide bonds. The maximum absolute atomic E-state index is 13.5. The van der Waals surface area contributed by atoms with Gasteiger partial charge in [0.1, 0.15) is 6.04 Å². The van der Waals surface area contributed by atoms with Crippen molar-refractivity contribution in [2.75, 3.05) is 59.1 Å². The largest absolute Gasteiger partial charge is 0.396 e.